The Bertz CT molecular complexity index is 575. The lowest BCUT2D eigenvalue weighted by Crippen LogP contribution is -2.25. The molecule has 1 aromatic carbocycles. The van der Waals surface area contributed by atoms with Gasteiger partial charge < -0.3 is 19.7 Å². The molecule has 0 aliphatic rings. The lowest BCUT2D eigenvalue weighted by Gasteiger charge is -2.05. The second-order valence-corrected chi connectivity index (χ2v) is 3.92. The molecular weight excluding hydrogens is 284 g/mol. The zero-order valence-corrected chi connectivity index (χ0v) is 10.9. The van der Waals surface area contributed by atoms with Crippen molar-refractivity contribution in [3.63, 3.8) is 0 Å². The average Bonchev–Trinajstić information content (AvgIpc) is 2.38. The first kappa shape index (κ1) is 16.3. The molecule has 0 saturated heterocycles. The van der Waals surface area contributed by atoms with Gasteiger partial charge in [-0.3, -0.25) is 9.59 Å². The van der Waals surface area contributed by atoms with Gasteiger partial charge >= 0.3 is 23.9 Å². The molecule has 0 fully saturated rings. The molecule has 1 atom stereocenters. The van der Waals surface area contributed by atoms with Gasteiger partial charge in [-0.05, 0) is 19.1 Å². The highest BCUT2D eigenvalue weighted by molar-refractivity contribution is 6.04. The Labute approximate surface area is 118 Å². The van der Waals surface area contributed by atoms with Crippen LogP contribution in [-0.2, 0) is 23.9 Å². The number of esters is 4. The summed E-state index contributed by atoms with van der Waals surface area (Å²) in [6.07, 6.45) is -2.51. The van der Waals surface area contributed by atoms with Crippen molar-refractivity contribution in [3.05, 3.63) is 29.8 Å². The molecule has 0 aromatic heterocycles. The average molecular weight is 296 g/mol. The predicted octanol–water partition coefficient (Wildman–Crippen LogP) is -0.0837. The molecule has 0 aliphatic heterocycles. The molecule has 1 aromatic rings. The van der Waals surface area contributed by atoms with E-state index in [2.05, 4.69) is 9.47 Å². The highest BCUT2D eigenvalue weighted by Gasteiger charge is 2.22. The number of aromatic hydroxyl groups is 1. The molecule has 112 valence electrons. The van der Waals surface area contributed by atoms with Crippen molar-refractivity contribution in [2.24, 2.45) is 0 Å². The van der Waals surface area contributed by atoms with E-state index in [9.17, 15) is 24.3 Å². The van der Waals surface area contributed by atoms with Crippen molar-refractivity contribution in [3.8, 4) is 5.75 Å². The Balaban J connectivity index is 2.54. The van der Waals surface area contributed by atoms with E-state index in [1.54, 1.807) is 0 Å². The molecule has 8 nitrogen and oxygen atoms in total. The normalized spacial score (nSPS) is 11.3. The van der Waals surface area contributed by atoms with Gasteiger partial charge in [0.2, 0.25) is 0 Å². The molecule has 21 heavy (non-hydrogen) atoms. The number of ether oxygens (including phenoxy) is 2. The number of aliphatic hydroxyl groups excluding tert-OH is 1. The third kappa shape index (κ3) is 5.03. The van der Waals surface area contributed by atoms with Crippen molar-refractivity contribution in [1.82, 2.24) is 0 Å². The molecule has 0 radical (unpaired) electrons. The van der Waals surface area contributed by atoms with Gasteiger partial charge in [0.25, 0.3) is 0 Å². The fourth-order valence-corrected chi connectivity index (χ4v) is 1.19. The summed E-state index contributed by atoms with van der Waals surface area (Å²) in [5.41, 5.74) is -0.251. The van der Waals surface area contributed by atoms with Crippen molar-refractivity contribution in [1.29, 1.82) is 0 Å². The van der Waals surface area contributed by atoms with Gasteiger partial charge in [-0.15, -0.1) is 0 Å². The number of phenolic OH excluding ortho intramolecular Hbond substituents is 1. The van der Waals surface area contributed by atoms with Gasteiger partial charge in [0, 0.05) is 0 Å². The quantitative estimate of drug-likeness (QED) is 0.583. The second-order valence-electron chi connectivity index (χ2n) is 3.92. The smallest absolute Gasteiger partial charge is 0.349 e. The zero-order chi connectivity index (χ0) is 16.0. The Morgan fingerprint density at radius 1 is 1.10 bits per heavy atom. The van der Waals surface area contributed by atoms with E-state index >= 15 is 0 Å². The fraction of sp³-hybridized carbons (Fsp3) is 0.231. The minimum Gasteiger partial charge on any atom is -0.507 e. The summed E-state index contributed by atoms with van der Waals surface area (Å²) in [6, 6.07) is 5.35. The van der Waals surface area contributed by atoms with Crippen LogP contribution >= 0.6 is 0 Å². The third-order valence-electron chi connectivity index (χ3n) is 2.17. The van der Waals surface area contributed by atoms with Crippen molar-refractivity contribution in [2.45, 2.75) is 19.4 Å². The van der Waals surface area contributed by atoms with E-state index in [0.717, 1.165) is 6.92 Å². The maximum atomic E-state index is 11.5. The fourth-order valence-electron chi connectivity index (χ4n) is 1.19. The molecule has 0 bridgehead atoms. The van der Waals surface area contributed by atoms with Crippen LogP contribution in [0.5, 0.6) is 5.75 Å². The summed E-state index contributed by atoms with van der Waals surface area (Å²) < 4.78 is 8.42. The van der Waals surface area contributed by atoms with Gasteiger partial charge in [-0.1, -0.05) is 12.1 Å². The molecule has 0 saturated carbocycles. The van der Waals surface area contributed by atoms with Crippen LogP contribution in [-0.4, -0.2) is 40.2 Å². The first-order valence-corrected chi connectivity index (χ1v) is 5.77. The number of hydrogen-bond acceptors (Lipinski definition) is 8. The number of rotatable bonds is 4. The minimum absolute atomic E-state index is 0.251. The van der Waals surface area contributed by atoms with Crippen LogP contribution in [0, 0.1) is 0 Å². The summed E-state index contributed by atoms with van der Waals surface area (Å²) in [6.45, 7) is 1.08. The summed E-state index contributed by atoms with van der Waals surface area (Å²) in [5.74, 6) is -5.28. The van der Waals surface area contributed by atoms with Crippen molar-refractivity contribution < 1.29 is 38.9 Å². The molecule has 8 heteroatoms. The van der Waals surface area contributed by atoms with E-state index in [0.29, 0.717) is 0 Å². The molecule has 0 spiro atoms. The van der Waals surface area contributed by atoms with Crippen LogP contribution in [0.3, 0.4) is 0 Å². The third-order valence-corrected chi connectivity index (χ3v) is 2.17. The number of phenols is 1. The lowest BCUT2D eigenvalue weighted by molar-refractivity contribution is -0.166. The number of hydrogen-bond donors (Lipinski definition) is 2. The van der Waals surface area contributed by atoms with E-state index < -0.39 is 36.4 Å². The Morgan fingerprint density at radius 3 is 2.24 bits per heavy atom. The van der Waals surface area contributed by atoms with Crippen LogP contribution in [0.25, 0.3) is 0 Å². The van der Waals surface area contributed by atoms with Gasteiger partial charge in [0.15, 0.2) is 0 Å². The second kappa shape index (κ2) is 7.15. The monoisotopic (exact) mass is 296 g/mol. The largest absolute Gasteiger partial charge is 0.507 e. The van der Waals surface area contributed by atoms with Crippen LogP contribution in [0.1, 0.15) is 23.7 Å². The minimum atomic E-state index is -1.52. The SMILES string of the molecule is CC(O)C(=O)OC(=O)CC(=O)OC(=O)c1ccccc1O. The molecule has 0 aliphatic carbocycles. The number of benzene rings is 1. The molecule has 0 heterocycles. The maximum absolute atomic E-state index is 11.5. The Hall–Kier alpha value is -2.74. The number of carbonyl (C=O) groups excluding carboxylic acids is 4. The van der Waals surface area contributed by atoms with Gasteiger partial charge in [0.05, 0.1) is 0 Å². The Kier molecular flexibility index (Phi) is 5.56. The van der Waals surface area contributed by atoms with Crippen molar-refractivity contribution in [2.75, 3.05) is 0 Å². The van der Waals surface area contributed by atoms with Crippen LogP contribution in [0.15, 0.2) is 24.3 Å². The van der Waals surface area contributed by atoms with E-state index in [1.165, 1.54) is 24.3 Å². The van der Waals surface area contributed by atoms with Crippen LogP contribution in [0.2, 0.25) is 0 Å². The molecular formula is C13H12O8. The van der Waals surface area contributed by atoms with E-state index in [4.69, 9.17) is 5.11 Å². The molecule has 2 N–H and O–H groups in total. The predicted molar refractivity (Wildman–Crippen MR) is 65.9 cm³/mol. The molecule has 1 unspecified atom stereocenters. The van der Waals surface area contributed by atoms with Gasteiger partial charge in [0.1, 0.15) is 23.8 Å². The van der Waals surface area contributed by atoms with Crippen molar-refractivity contribution >= 4 is 23.9 Å². The van der Waals surface area contributed by atoms with E-state index in [1.807, 2.05) is 0 Å². The summed E-state index contributed by atoms with van der Waals surface area (Å²) >= 11 is 0. The number of para-hydroxylation sites is 1. The molecule has 0 amide bonds. The Morgan fingerprint density at radius 2 is 1.67 bits per heavy atom. The number of aliphatic hydroxyl groups is 1. The lowest BCUT2D eigenvalue weighted by atomic mass is 10.2. The first-order chi connectivity index (χ1) is 9.81. The summed E-state index contributed by atoms with van der Waals surface area (Å²) in [7, 11) is 0. The summed E-state index contributed by atoms with van der Waals surface area (Å²) in [4.78, 5) is 44.8. The number of carbonyl (C=O) groups is 4. The highest BCUT2D eigenvalue weighted by Crippen LogP contribution is 2.16. The zero-order valence-electron chi connectivity index (χ0n) is 10.9. The van der Waals surface area contributed by atoms with Gasteiger partial charge in [-0.2, -0.15) is 0 Å². The topological polar surface area (TPSA) is 127 Å². The first-order valence-electron chi connectivity index (χ1n) is 5.77. The highest BCUT2D eigenvalue weighted by atomic mass is 16.6. The van der Waals surface area contributed by atoms with E-state index in [-0.39, 0.29) is 11.3 Å². The van der Waals surface area contributed by atoms with Crippen LogP contribution in [0.4, 0.5) is 0 Å². The van der Waals surface area contributed by atoms with Crippen LogP contribution < -0.4 is 0 Å². The van der Waals surface area contributed by atoms with Gasteiger partial charge in [-0.25, -0.2) is 9.59 Å². The summed E-state index contributed by atoms with van der Waals surface area (Å²) in [5, 5.41) is 18.2. The standard InChI is InChI=1S/C13H12O8/c1-7(14)12(18)20-10(16)6-11(17)21-13(19)8-4-2-3-5-9(8)15/h2-5,7,14-15H,6H2,1H3. The maximum Gasteiger partial charge on any atom is 0.349 e. The molecule has 1 rings (SSSR count).